The molecule has 0 saturated heterocycles. The van der Waals surface area contributed by atoms with E-state index in [1.807, 2.05) is 42.5 Å². The van der Waals surface area contributed by atoms with Crippen LogP contribution in [0.4, 0.5) is 5.69 Å². The number of nitrogens with one attached hydrogen (secondary N) is 1. The van der Waals surface area contributed by atoms with Gasteiger partial charge in [0, 0.05) is 11.3 Å². The third-order valence-electron chi connectivity index (χ3n) is 2.81. The highest BCUT2D eigenvalue weighted by atomic mass is 16.1. The topological polar surface area (TPSA) is 52.9 Å². The number of anilines is 1. The van der Waals surface area contributed by atoms with Gasteiger partial charge in [-0.05, 0) is 42.8 Å². The molecule has 0 bridgehead atoms. The van der Waals surface area contributed by atoms with Crippen molar-refractivity contribution in [2.24, 2.45) is 0 Å². The predicted octanol–water partition coefficient (Wildman–Crippen LogP) is 3.60. The number of carbonyl (C=O) groups is 1. The van der Waals surface area contributed by atoms with Crippen molar-refractivity contribution in [2.75, 3.05) is 5.32 Å². The van der Waals surface area contributed by atoms with Crippen LogP contribution < -0.4 is 5.32 Å². The summed E-state index contributed by atoms with van der Waals surface area (Å²) in [6.07, 6.45) is 1.83. The van der Waals surface area contributed by atoms with Crippen molar-refractivity contribution in [1.29, 1.82) is 5.26 Å². The molecule has 0 spiro atoms. The zero-order valence-corrected chi connectivity index (χ0v) is 11.1. The molecule has 3 nitrogen and oxygen atoms in total. The maximum Gasteiger partial charge on any atom is 0.251 e. The summed E-state index contributed by atoms with van der Waals surface area (Å²) >= 11 is 0. The summed E-state index contributed by atoms with van der Waals surface area (Å²) in [6, 6.07) is 18.5. The van der Waals surface area contributed by atoms with Crippen LogP contribution in [0.3, 0.4) is 0 Å². The van der Waals surface area contributed by atoms with Crippen LogP contribution in [0.1, 0.15) is 18.1 Å². The zero-order chi connectivity index (χ0) is 14.4. The Morgan fingerprint density at radius 2 is 1.75 bits per heavy atom. The first kappa shape index (κ1) is 13.6. The molecule has 0 fully saturated rings. The second-order valence-corrected chi connectivity index (χ2v) is 4.38. The molecule has 0 heterocycles. The van der Waals surface area contributed by atoms with Gasteiger partial charge in [0.15, 0.2) is 0 Å². The quantitative estimate of drug-likeness (QED) is 0.859. The molecule has 0 aromatic heterocycles. The summed E-state index contributed by atoms with van der Waals surface area (Å²) in [6.45, 7) is 1.77. The Morgan fingerprint density at radius 3 is 2.35 bits per heavy atom. The lowest BCUT2D eigenvalue weighted by Gasteiger charge is -2.05. The summed E-state index contributed by atoms with van der Waals surface area (Å²) in [5.41, 5.74) is 2.86. The number of nitriles is 1. The molecule has 1 amide bonds. The van der Waals surface area contributed by atoms with Gasteiger partial charge >= 0.3 is 0 Å². The molecule has 0 saturated carbocycles. The van der Waals surface area contributed by atoms with Crippen LogP contribution in [-0.2, 0) is 4.79 Å². The number of rotatable bonds is 3. The van der Waals surface area contributed by atoms with Crippen LogP contribution in [0.25, 0.3) is 6.08 Å². The summed E-state index contributed by atoms with van der Waals surface area (Å²) in [5, 5.41) is 11.5. The molecule has 0 aliphatic heterocycles. The Morgan fingerprint density at radius 1 is 1.10 bits per heavy atom. The van der Waals surface area contributed by atoms with Gasteiger partial charge in [-0.2, -0.15) is 5.26 Å². The van der Waals surface area contributed by atoms with E-state index in [4.69, 9.17) is 5.26 Å². The first-order valence-corrected chi connectivity index (χ1v) is 6.24. The fourth-order valence-electron chi connectivity index (χ4n) is 1.72. The molecular formula is C17H14N2O. The maximum absolute atomic E-state index is 12.0. The fraction of sp³-hybridized carbons (Fsp3) is 0.0588. The fourth-order valence-corrected chi connectivity index (χ4v) is 1.72. The zero-order valence-electron chi connectivity index (χ0n) is 11.1. The van der Waals surface area contributed by atoms with Crippen LogP contribution in [0, 0.1) is 11.3 Å². The van der Waals surface area contributed by atoms with E-state index in [2.05, 4.69) is 5.32 Å². The highest BCUT2D eigenvalue weighted by Crippen LogP contribution is 2.12. The molecule has 0 aliphatic rings. The molecule has 1 N–H and O–H groups in total. The molecule has 20 heavy (non-hydrogen) atoms. The van der Waals surface area contributed by atoms with Crippen molar-refractivity contribution in [1.82, 2.24) is 0 Å². The average Bonchev–Trinajstić information content (AvgIpc) is 2.49. The number of hydrogen-bond acceptors (Lipinski definition) is 2. The van der Waals surface area contributed by atoms with E-state index in [1.54, 1.807) is 31.2 Å². The lowest BCUT2D eigenvalue weighted by atomic mass is 10.1. The Kier molecular flexibility index (Phi) is 4.31. The second kappa shape index (κ2) is 6.35. The van der Waals surface area contributed by atoms with Gasteiger partial charge in [-0.25, -0.2) is 0 Å². The molecule has 0 radical (unpaired) electrons. The van der Waals surface area contributed by atoms with E-state index in [0.717, 1.165) is 5.56 Å². The van der Waals surface area contributed by atoms with Gasteiger partial charge in [-0.15, -0.1) is 0 Å². The Hall–Kier alpha value is -2.86. The van der Waals surface area contributed by atoms with Gasteiger partial charge < -0.3 is 5.32 Å². The normalized spacial score (nSPS) is 10.7. The van der Waals surface area contributed by atoms with E-state index in [1.165, 1.54) is 0 Å². The Balaban J connectivity index is 2.08. The standard InChI is InChI=1S/C17H14N2O/c1-13(11-14-5-3-2-4-6-14)17(20)19-16-9-7-15(12-18)8-10-16/h2-11H,1H3,(H,19,20). The van der Waals surface area contributed by atoms with Crippen LogP contribution >= 0.6 is 0 Å². The van der Waals surface area contributed by atoms with Crippen LogP contribution in [0.2, 0.25) is 0 Å². The van der Waals surface area contributed by atoms with Crippen molar-refractivity contribution in [2.45, 2.75) is 6.92 Å². The number of nitrogens with zero attached hydrogens (tertiary/aromatic N) is 1. The largest absolute Gasteiger partial charge is 0.322 e. The summed E-state index contributed by atoms with van der Waals surface area (Å²) in [4.78, 5) is 12.0. The van der Waals surface area contributed by atoms with Crippen molar-refractivity contribution in [3.05, 3.63) is 71.3 Å². The SMILES string of the molecule is CC(=Cc1ccccc1)C(=O)Nc1ccc(C#N)cc1. The minimum Gasteiger partial charge on any atom is -0.322 e. The molecule has 0 aliphatic carbocycles. The molecule has 2 aromatic carbocycles. The van der Waals surface area contributed by atoms with Gasteiger partial charge in [0.25, 0.3) is 5.91 Å². The van der Waals surface area contributed by atoms with E-state index in [0.29, 0.717) is 16.8 Å². The van der Waals surface area contributed by atoms with Crippen molar-refractivity contribution < 1.29 is 4.79 Å². The molecule has 2 rings (SSSR count). The van der Waals surface area contributed by atoms with Crippen LogP contribution in [0.15, 0.2) is 60.2 Å². The maximum atomic E-state index is 12.0. The summed E-state index contributed by atoms with van der Waals surface area (Å²) in [5.74, 6) is -0.154. The minimum absolute atomic E-state index is 0.154. The van der Waals surface area contributed by atoms with E-state index >= 15 is 0 Å². The highest BCUT2D eigenvalue weighted by molar-refractivity contribution is 6.06. The molecule has 3 heteroatoms. The first-order chi connectivity index (χ1) is 9.69. The smallest absolute Gasteiger partial charge is 0.251 e. The average molecular weight is 262 g/mol. The lowest BCUT2D eigenvalue weighted by Crippen LogP contribution is -2.12. The molecule has 0 unspecified atom stereocenters. The number of benzene rings is 2. The van der Waals surface area contributed by atoms with Crippen molar-refractivity contribution >= 4 is 17.7 Å². The second-order valence-electron chi connectivity index (χ2n) is 4.38. The Labute approximate surface area is 118 Å². The first-order valence-electron chi connectivity index (χ1n) is 6.24. The molecule has 0 atom stereocenters. The van der Waals surface area contributed by atoms with Crippen molar-refractivity contribution in [3.8, 4) is 6.07 Å². The van der Waals surface area contributed by atoms with E-state index < -0.39 is 0 Å². The molecule has 2 aromatic rings. The number of carbonyl (C=O) groups excluding carboxylic acids is 1. The van der Waals surface area contributed by atoms with Crippen LogP contribution in [-0.4, -0.2) is 5.91 Å². The predicted molar refractivity (Wildman–Crippen MR) is 79.9 cm³/mol. The summed E-state index contributed by atoms with van der Waals surface area (Å²) < 4.78 is 0. The van der Waals surface area contributed by atoms with Gasteiger partial charge in [-0.1, -0.05) is 30.3 Å². The third-order valence-corrected chi connectivity index (χ3v) is 2.81. The minimum atomic E-state index is -0.154. The number of hydrogen-bond donors (Lipinski definition) is 1. The van der Waals surface area contributed by atoms with E-state index in [9.17, 15) is 4.79 Å². The lowest BCUT2D eigenvalue weighted by molar-refractivity contribution is -0.112. The third kappa shape index (κ3) is 3.56. The summed E-state index contributed by atoms with van der Waals surface area (Å²) in [7, 11) is 0. The number of amides is 1. The highest BCUT2D eigenvalue weighted by Gasteiger charge is 2.04. The van der Waals surface area contributed by atoms with Crippen LogP contribution in [0.5, 0.6) is 0 Å². The molecule has 98 valence electrons. The van der Waals surface area contributed by atoms with Gasteiger partial charge in [0.1, 0.15) is 0 Å². The van der Waals surface area contributed by atoms with Gasteiger partial charge in [0.05, 0.1) is 11.6 Å². The Bertz CT molecular complexity index is 664. The monoisotopic (exact) mass is 262 g/mol. The van der Waals surface area contributed by atoms with Gasteiger partial charge in [-0.3, -0.25) is 4.79 Å². The van der Waals surface area contributed by atoms with E-state index in [-0.39, 0.29) is 5.91 Å². The molecular weight excluding hydrogens is 248 g/mol. The van der Waals surface area contributed by atoms with Gasteiger partial charge in [0.2, 0.25) is 0 Å². The van der Waals surface area contributed by atoms with Crippen molar-refractivity contribution in [3.63, 3.8) is 0 Å².